The fourth-order valence-electron chi connectivity index (χ4n) is 1.20. The first-order chi connectivity index (χ1) is 6.09. The van der Waals surface area contributed by atoms with E-state index >= 15 is 0 Å². The number of fused-ring (bicyclic) bond motifs is 1. The van der Waals surface area contributed by atoms with Gasteiger partial charge in [-0.25, -0.2) is 4.98 Å². The number of hydrogen-bond donors (Lipinski definition) is 1. The fourth-order valence-corrected chi connectivity index (χ4v) is 2.02. The highest BCUT2D eigenvalue weighted by molar-refractivity contribution is 9.10. The number of aryl methyl sites for hydroxylation is 1. The third kappa shape index (κ3) is 1.30. The largest absolute Gasteiger partial charge is 0.383 e. The van der Waals surface area contributed by atoms with Gasteiger partial charge in [0.15, 0.2) is 5.65 Å². The van der Waals surface area contributed by atoms with Crippen LogP contribution in [0.25, 0.3) is 5.65 Å². The molecular formula is C8H7BrClN3. The molecule has 68 valence electrons. The molecule has 2 N–H and O–H groups in total. The average Bonchev–Trinajstić information content (AvgIpc) is 2.32. The van der Waals surface area contributed by atoms with Crippen LogP contribution in [0.1, 0.15) is 5.69 Å². The predicted molar refractivity (Wildman–Crippen MR) is 57.1 cm³/mol. The van der Waals surface area contributed by atoms with Crippen molar-refractivity contribution in [3.8, 4) is 0 Å². The third-order valence-corrected chi connectivity index (χ3v) is 2.57. The highest BCUT2D eigenvalue weighted by atomic mass is 79.9. The average molecular weight is 261 g/mol. The molecule has 0 amide bonds. The summed E-state index contributed by atoms with van der Waals surface area (Å²) in [5.74, 6) is 0.623. The van der Waals surface area contributed by atoms with Crippen LogP contribution >= 0.6 is 27.5 Å². The van der Waals surface area contributed by atoms with Gasteiger partial charge in [0.2, 0.25) is 0 Å². The lowest BCUT2D eigenvalue weighted by atomic mass is 10.5. The number of anilines is 1. The SMILES string of the molecule is Cc1nc2c(Cl)cc(Br)cn2c1N. The minimum Gasteiger partial charge on any atom is -0.383 e. The normalized spacial score (nSPS) is 11.0. The standard InChI is InChI=1S/C8H7BrClN3/c1-4-7(11)13-3-5(9)2-6(10)8(13)12-4/h2-3H,11H2,1H3. The van der Waals surface area contributed by atoms with Crippen LogP contribution in [0, 0.1) is 6.92 Å². The lowest BCUT2D eigenvalue weighted by molar-refractivity contribution is 1.18. The Balaban J connectivity index is 2.94. The number of rotatable bonds is 0. The van der Waals surface area contributed by atoms with Gasteiger partial charge in [0.25, 0.3) is 0 Å². The first-order valence-electron chi connectivity index (χ1n) is 3.69. The quantitative estimate of drug-likeness (QED) is 0.791. The van der Waals surface area contributed by atoms with Crippen LogP contribution < -0.4 is 5.73 Å². The predicted octanol–water partition coefficient (Wildman–Crippen LogP) is 2.64. The number of halogens is 2. The molecule has 0 bridgehead atoms. The second kappa shape index (κ2) is 2.89. The van der Waals surface area contributed by atoms with E-state index in [1.165, 1.54) is 0 Å². The molecule has 0 saturated carbocycles. The smallest absolute Gasteiger partial charge is 0.157 e. The Labute approximate surface area is 88.6 Å². The Bertz CT molecular complexity index is 478. The van der Waals surface area contributed by atoms with E-state index in [2.05, 4.69) is 20.9 Å². The molecule has 0 saturated heterocycles. The minimum atomic E-state index is 0.592. The highest BCUT2D eigenvalue weighted by Gasteiger charge is 2.08. The molecule has 13 heavy (non-hydrogen) atoms. The zero-order valence-electron chi connectivity index (χ0n) is 6.88. The molecule has 0 spiro atoms. The summed E-state index contributed by atoms with van der Waals surface area (Å²) in [6, 6.07) is 1.79. The zero-order chi connectivity index (χ0) is 9.59. The van der Waals surface area contributed by atoms with E-state index in [1.54, 1.807) is 10.5 Å². The van der Waals surface area contributed by atoms with Crippen molar-refractivity contribution >= 4 is 39.0 Å². The monoisotopic (exact) mass is 259 g/mol. The van der Waals surface area contributed by atoms with Crippen molar-refractivity contribution in [2.75, 3.05) is 5.73 Å². The Morgan fingerprint density at radius 2 is 2.31 bits per heavy atom. The van der Waals surface area contributed by atoms with E-state index < -0.39 is 0 Å². The molecule has 3 nitrogen and oxygen atoms in total. The molecule has 2 aromatic heterocycles. The van der Waals surface area contributed by atoms with Gasteiger partial charge in [0.05, 0.1) is 10.7 Å². The molecule has 2 rings (SSSR count). The van der Waals surface area contributed by atoms with Crippen LogP contribution in [0.2, 0.25) is 5.02 Å². The van der Waals surface area contributed by atoms with Crippen LogP contribution in [-0.2, 0) is 0 Å². The number of pyridine rings is 1. The van der Waals surface area contributed by atoms with Crippen molar-refractivity contribution in [2.45, 2.75) is 6.92 Å². The molecule has 0 radical (unpaired) electrons. The van der Waals surface area contributed by atoms with Gasteiger partial charge in [-0.1, -0.05) is 11.6 Å². The van der Waals surface area contributed by atoms with E-state index in [0.717, 1.165) is 10.2 Å². The lowest BCUT2D eigenvalue weighted by Gasteiger charge is -1.98. The van der Waals surface area contributed by atoms with E-state index in [9.17, 15) is 0 Å². The maximum absolute atomic E-state index is 5.98. The third-order valence-electron chi connectivity index (χ3n) is 1.86. The number of nitrogens with zero attached hydrogens (tertiary/aromatic N) is 2. The molecule has 0 aliphatic rings. The summed E-state index contributed by atoms with van der Waals surface area (Å²) in [7, 11) is 0. The van der Waals surface area contributed by atoms with Crippen molar-refractivity contribution in [3.05, 3.63) is 27.5 Å². The summed E-state index contributed by atoms with van der Waals surface area (Å²) in [5.41, 5.74) is 7.28. The first kappa shape index (κ1) is 8.84. The summed E-state index contributed by atoms with van der Waals surface area (Å²) in [5, 5.41) is 0.592. The summed E-state index contributed by atoms with van der Waals surface area (Å²) in [6.45, 7) is 1.85. The van der Waals surface area contributed by atoms with E-state index in [0.29, 0.717) is 16.5 Å². The van der Waals surface area contributed by atoms with Crippen LogP contribution in [-0.4, -0.2) is 9.38 Å². The molecule has 0 unspecified atom stereocenters. The van der Waals surface area contributed by atoms with Gasteiger partial charge in [-0.2, -0.15) is 0 Å². The highest BCUT2D eigenvalue weighted by Crippen LogP contribution is 2.25. The summed E-state index contributed by atoms with van der Waals surface area (Å²) >= 11 is 9.32. The maximum Gasteiger partial charge on any atom is 0.157 e. The number of nitrogens with two attached hydrogens (primary N) is 1. The Morgan fingerprint density at radius 3 is 3.00 bits per heavy atom. The second-order valence-corrected chi connectivity index (χ2v) is 4.11. The lowest BCUT2D eigenvalue weighted by Crippen LogP contribution is -1.93. The van der Waals surface area contributed by atoms with Gasteiger partial charge in [-0.15, -0.1) is 0 Å². The number of hydrogen-bond acceptors (Lipinski definition) is 2. The zero-order valence-corrected chi connectivity index (χ0v) is 9.22. The molecule has 0 aliphatic carbocycles. The summed E-state index contributed by atoms with van der Waals surface area (Å²) in [4.78, 5) is 4.24. The van der Waals surface area contributed by atoms with Gasteiger partial charge in [0.1, 0.15) is 5.82 Å². The second-order valence-electron chi connectivity index (χ2n) is 2.78. The number of nitrogen functional groups attached to an aromatic ring is 1. The van der Waals surface area contributed by atoms with Crippen LogP contribution in [0.3, 0.4) is 0 Å². The Kier molecular flexibility index (Phi) is 1.96. The van der Waals surface area contributed by atoms with Gasteiger partial charge >= 0.3 is 0 Å². The van der Waals surface area contributed by atoms with Crippen molar-refractivity contribution in [2.24, 2.45) is 0 Å². The van der Waals surface area contributed by atoms with Gasteiger partial charge < -0.3 is 5.73 Å². The molecule has 0 fully saturated rings. The molecule has 2 heterocycles. The molecule has 5 heteroatoms. The topological polar surface area (TPSA) is 43.3 Å². The fraction of sp³-hybridized carbons (Fsp3) is 0.125. The first-order valence-corrected chi connectivity index (χ1v) is 4.86. The minimum absolute atomic E-state index is 0.592. The molecular weight excluding hydrogens is 253 g/mol. The van der Waals surface area contributed by atoms with Gasteiger partial charge in [0, 0.05) is 10.7 Å². The van der Waals surface area contributed by atoms with Gasteiger partial charge in [-0.3, -0.25) is 4.40 Å². The van der Waals surface area contributed by atoms with E-state index in [-0.39, 0.29) is 0 Å². The summed E-state index contributed by atoms with van der Waals surface area (Å²) < 4.78 is 2.65. The van der Waals surface area contributed by atoms with Crippen LogP contribution in [0.4, 0.5) is 5.82 Å². The molecule has 0 aromatic carbocycles. The van der Waals surface area contributed by atoms with E-state index in [1.807, 2.05) is 13.1 Å². The van der Waals surface area contributed by atoms with Crippen LogP contribution in [0.5, 0.6) is 0 Å². The molecule has 2 aromatic rings. The van der Waals surface area contributed by atoms with Gasteiger partial charge in [-0.05, 0) is 28.9 Å². The summed E-state index contributed by atoms with van der Waals surface area (Å²) in [6.07, 6.45) is 1.84. The number of imidazole rings is 1. The van der Waals surface area contributed by atoms with Crippen molar-refractivity contribution in [3.63, 3.8) is 0 Å². The number of aromatic nitrogens is 2. The van der Waals surface area contributed by atoms with Crippen LogP contribution in [0.15, 0.2) is 16.7 Å². The van der Waals surface area contributed by atoms with E-state index in [4.69, 9.17) is 17.3 Å². The Hall–Kier alpha value is -0.740. The van der Waals surface area contributed by atoms with Crippen molar-refractivity contribution < 1.29 is 0 Å². The molecule has 0 atom stereocenters. The maximum atomic E-state index is 5.98. The van der Waals surface area contributed by atoms with Crippen molar-refractivity contribution in [1.82, 2.24) is 9.38 Å². The Morgan fingerprint density at radius 1 is 1.62 bits per heavy atom. The van der Waals surface area contributed by atoms with Crippen molar-refractivity contribution in [1.29, 1.82) is 0 Å². The molecule has 0 aliphatic heterocycles.